The zero-order valence-electron chi connectivity index (χ0n) is 18.5. The van der Waals surface area contributed by atoms with Gasteiger partial charge in [-0.1, -0.05) is 30.3 Å². The number of H-pyrrole nitrogens is 1. The molecule has 1 fully saturated rings. The van der Waals surface area contributed by atoms with Crippen LogP contribution in [0, 0.1) is 12.8 Å². The van der Waals surface area contributed by atoms with Gasteiger partial charge >= 0.3 is 0 Å². The first-order chi connectivity index (χ1) is 15.7. The summed E-state index contributed by atoms with van der Waals surface area (Å²) in [5.74, 6) is 3.41. The summed E-state index contributed by atoms with van der Waals surface area (Å²) < 4.78 is 0. The monoisotopic (exact) mass is 431 g/mol. The maximum Gasteiger partial charge on any atom is 0.224 e. The number of hydrogen-bond acceptors (Lipinski definition) is 6. The van der Waals surface area contributed by atoms with Crippen molar-refractivity contribution in [3.63, 3.8) is 0 Å². The van der Waals surface area contributed by atoms with Crippen LogP contribution in [0.1, 0.15) is 42.2 Å². The van der Waals surface area contributed by atoms with Crippen molar-refractivity contribution in [1.29, 1.82) is 0 Å². The lowest BCUT2D eigenvalue weighted by Gasteiger charge is -2.34. The maximum absolute atomic E-state index is 12.9. The second-order valence-electron chi connectivity index (χ2n) is 8.68. The quantitative estimate of drug-likeness (QED) is 0.622. The molecule has 0 saturated carbocycles. The van der Waals surface area contributed by atoms with Gasteiger partial charge in [0.25, 0.3) is 0 Å². The van der Waals surface area contributed by atoms with Crippen LogP contribution in [-0.2, 0) is 24.1 Å². The van der Waals surface area contributed by atoms with Crippen LogP contribution in [0.15, 0.2) is 30.3 Å². The van der Waals surface area contributed by atoms with E-state index >= 15 is 0 Å². The van der Waals surface area contributed by atoms with Crippen LogP contribution in [0.4, 0.5) is 5.82 Å². The number of anilines is 1. The predicted octanol–water partition coefficient (Wildman–Crippen LogP) is 2.63. The summed E-state index contributed by atoms with van der Waals surface area (Å²) in [6.07, 6.45) is 5.66. The van der Waals surface area contributed by atoms with Gasteiger partial charge in [-0.3, -0.25) is 9.89 Å². The van der Waals surface area contributed by atoms with E-state index in [0.717, 1.165) is 67.5 Å². The first kappa shape index (κ1) is 20.6. The third-order valence-corrected chi connectivity index (χ3v) is 6.33. The molecule has 5 rings (SSSR count). The normalized spacial score (nSPS) is 17.9. The molecule has 0 unspecified atom stereocenters. The summed E-state index contributed by atoms with van der Waals surface area (Å²) in [5, 5.41) is 10.1. The highest BCUT2D eigenvalue weighted by Crippen LogP contribution is 2.33. The van der Waals surface area contributed by atoms with Crippen LogP contribution < -0.4 is 10.2 Å². The van der Waals surface area contributed by atoms with Crippen LogP contribution in [-0.4, -0.2) is 50.7 Å². The van der Waals surface area contributed by atoms with E-state index in [9.17, 15) is 4.79 Å². The van der Waals surface area contributed by atoms with Crippen molar-refractivity contribution in [2.24, 2.45) is 5.92 Å². The Labute approximate surface area is 187 Å². The van der Waals surface area contributed by atoms with Crippen molar-refractivity contribution in [3.8, 4) is 11.4 Å². The minimum Gasteiger partial charge on any atom is -0.355 e. The third kappa shape index (κ3) is 4.35. The number of rotatable bonds is 6. The van der Waals surface area contributed by atoms with E-state index in [0.29, 0.717) is 19.5 Å². The number of carbonyl (C=O) groups excluding carboxylic acids is 1. The number of hydrogen-bond donors (Lipinski definition) is 2. The van der Waals surface area contributed by atoms with Crippen molar-refractivity contribution in [1.82, 2.24) is 30.5 Å². The fourth-order valence-electron chi connectivity index (χ4n) is 4.72. The van der Waals surface area contributed by atoms with Crippen molar-refractivity contribution in [2.45, 2.75) is 45.4 Å². The number of fused-ring (bicyclic) bond motifs is 1. The Morgan fingerprint density at radius 3 is 2.84 bits per heavy atom. The van der Waals surface area contributed by atoms with Gasteiger partial charge in [0.15, 0.2) is 11.6 Å². The zero-order chi connectivity index (χ0) is 21.9. The molecule has 1 atom stereocenters. The van der Waals surface area contributed by atoms with E-state index < -0.39 is 0 Å². The van der Waals surface area contributed by atoms with Gasteiger partial charge < -0.3 is 10.2 Å². The molecule has 166 valence electrons. The van der Waals surface area contributed by atoms with Gasteiger partial charge in [-0.05, 0) is 39.0 Å². The molecule has 1 aromatic carbocycles. The van der Waals surface area contributed by atoms with E-state index in [1.165, 1.54) is 11.3 Å². The number of carbonyl (C=O) groups is 1. The molecule has 2 aromatic heterocycles. The van der Waals surface area contributed by atoms with E-state index in [1.807, 2.05) is 25.1 Å². The minimum atomic E-state index is -0.0372. The van der Waals surface area contributed by atoms with E-state index in [4.69, 9.17) is 9.97 Å². The summed E-state index contributed by atoms with van der Waals surface area (Å²) in [4.78, 5) is 29.4. The molecule has 0 spiro atoms. The summed E-state index contributed by atoms with van der Waals surface area (Å²) in [7, 11) is 0. The Kier molecular flexibility index (Phi) is 5.83. The Hall–Kier alpha value is -3.29. The minimum absolute atomic E-state index is 0.0372. The molecule has 3 heterocycles. The lowest BCUT2D eigenvalue weighted by Crippen LogP contribution is -2.44. The number of amides is 1. The van der Waals surface area contributed by atoms with E-state index in [-0.39, 0.29) is 11.8 Å². The molecule has 1 saturated heterocycles. The molecule has 1 aliphatic heterocycles. The lowest BCUT2D eigenvalue weighted by atomic mass is 9.96. The zero-order valence-corrected chi connectivity index (χ0v) is 18.5. The second-order valence-corrected chi connectivity index (χ2v) is 8.68. The van der Waals surface area contributed by atoms with Gasteiger partial charge in [0.1, 0.15) is 11.6 Å². The predicted molar refractivity (Wildman–Crippen MR) is 122 cm³/mol. The number of aryl methyl sites for hydroxylation is 2. The SMILES string of the molecule is Cc1nc(CCNC(=O)[C@H]2CCCN(c3nc(-c4ccccc4)nc4c3CCC4)C2)n[nH]1. The average Bonchev–Trinajstić information content (AvgIpc) is 3.47. The fourth-order valence-corrected chi connectivity index (χ4v) is 4.72. The number of aromatic amines is 1. The molecule has 0 radical (unpaired) electrons. The molecule has 0 bridgehead atoms. The molecule has 32 heavy (non-hydrogen) atoms. The molecular weight excluding hydrogens is 402 g/mol. The Balaban J connectivity index is 1.29. The van der Waals surface area contributed by atoms with E-state index in [2.05, 4.69) is 37.5 Å². The maximum atomic E-state index is 12.9. The van der Waals surface area contributed by atoms with Crippen LogP contribution in [0.5, 0.6) is 0 Å². The van der Waals surface area contributed by atoms with Crippen molar-refractivity contribution >= 4 is 11.7 Å². The van der Waals surface area contributed by atoms with Gasteiger partial charge in [0.2, 0.25) is 5.91 Å². The van der Waals surface area contributed by atoms with Crippen LogP contribution in [0.3, 0.4) is 0 Å². The molecular formula is C24H29N7O. The summed E-state index contributed by atoms with van der Waals surface area (Å²) in [6, 6.07) is 10.2. The first-order valence-corrected chi connectivity index (χ1v) is 11.5. The largest absolute Gasteiger partial charge is 0.355 e. The fraction of sp³-hybridized carbons (Fsp3) is 0.458. The highest BCUT2D eigenvalue weighted by molar-refractivity contribution is 5.79. The Morgan fingerprint density at radius 2 is 2.03 bits per heavy atom. The van der Waals surface area contributed by atoms with Gasteiger partial charge in [-0.2, -0.15) is 5.10 Å². The smallest absolute Gasteiger partial charge is 0.224 e. The summed E-state index contributed by atoms with van der Waals surface area (Å²) >= 11 is 0. The number of aromatic nitrogens is 5. The molecule has 1 aliphatic carbocycles. The molecule has 8 heteroatoms. The molecule has 2 N–H and O–H groups in total. The van der Waals surface area contributed by atoms with Gasteiger partial charge in [0, 0.05) is 42.9 Å². The summed E-state index contributed by atoms with van der Waals surface area (Å²) in [5.41, 5.74) is 3.48. The number of piperidine rings is 1. The summed E-state index contributed by atoms with van der Waals surface area (Å²) in [6.45, 7) is 4.05. The Bertz CT molecular complexity index is 1090. The molecule has 8 nitrogen and oxygen atoms in total. The van der Waals surface area contributed by atoms with Crippen molar-refractivity contribution in [2.75, 3.05) is 24.5 Å². The highest BCUT2D eigenvalue weighted by atomic mass is 16.1. The molecule has 2 aliphatic rings. The average molecular weight is 432 g/mol. The number of nitrogens with one attached hydrogen (secondary N) is 2. The highest BCUT2D eigenvalue weighted by Gasteiger charge is 2.30. The van der Waals surface area contributed by atoms with Crippen LogP contribution in [0.25, 0.3) is 11.4 Å². The number of nitrogens with zero attached hydrogens (tertiary/aromatic N) is 5. The van der Waals surface area contributed by atoms with Crippen LogP contribution >= 0.6 is 0 Å². The van der Waals surface area contributed by atoms with Crippen LogP contribution in [0.2, 0.25) is 0 Å². The third-order valence-electron chi connectivity index (χ3n) is 6.33. The first-order valence-electron chi connectivity index (χ1n) is 11.5. The number of benzene rings is 1. The Morgan fingerprint density at radius 1 is 1.16 bits per heavy atom. The van der Waals surface area contributed by atoms with Gasteiger partial charge in [0.05, 0.1) is 5.92 Å². The van der Waals surface area contributed by atoms with Crippen molar-refractivity contribution < 1.29 is 4.79 Å². The van der Waals surface area contributed by atoms with Gasteiger partial charge in [-0.15, -0.1) is 0 Å². The standard InChI is InChI=1S/C24H29N7O/c1-16-26-21(30-29-16)12-13-25-24(32)18-9-6-14-31(15-18)23-19-10-5-11-20(19)27-22(28-23)17-7-3-2-4-8-17/h2-4,7-8,18H,5-6,9-15H2,1H3,(H,25,32)(H,26,29,30)/t18-/m0/s1. The lowest BCUT2D eigenvalue weighted by molar-refractivity contribution is -0.125. The van der Waals surface area contributed by atoms with Crippen molar-refractivity contribution in [3.05, 3.63) is 53.2 Å². The second kappa shape index (κ2) is 9.06. The molecule has 3 aromatic rings. The topological polar surface area (TPSA) is 99.7 Å². The van der Waals surface area contributed by atoms with E-state index in [1.54, 1.807) is 0 Å². The molecule has 1 amide bonds. The van der Waals surface area contributed by atoms with Gasteiger partial charge in [-0.25, -0.2) is 15.0 Å².